The summed E-state index contributed by atoms with van der Waals surface area (Å²) in [5.74, 6) is 0.304. The number of rotatable bonds is 3. The number of hydrogen-bond donors (Lipinski definition) is 2. The Morgan fingerprint density at radius 1 is 1.83 bits per heavy atom. The smallest absolute Gasteiger partial charge is 0.282 e. The van der Waals surface area contributed by atoms with Crippen LogP contribution in [0.1, 0.15) is 0 Å². The average Bonchev–Trinajstić information content (AvgIpc) is 2.36. The van der Waals surface area contributed by atoms with E-state index in [0.717, 1.165) is 0 Å². The first kappa shape index (κ1) is 8.92. The van der Waals surface area contributed by atoms with E-state index >= 15 is 0 Å². The molecule has 1 heterocycles. The van der Waals surface area contributed by atoms with Crippen molar-refractivity contribution in [3.05, 3.63) is 16.4 Å². The molecule has 0 fully saturated rings. The number of carbonyl (C=O) groups is 1. The van der Waals surface area contributed by atoms with Gasteiger partial charge in [-0.25, -0.2) is 0 Å². The van der Waals surface area contributed by atoms with Crippen molar-refractivity contribution in [2.45, 2.75) is 0 Å². The summed E-state index contributed by atoms with van der Waals surface area (Å²) in [7, 11) is 0. The summed E-state index contributed by atoms with van der Waals surface area (Å²) in [6.45, 7) is 0. The summed E-state index contributed by atoms with van der Waals surface area (Å²) in [5, 5.41) is 4.47. The minimum atomic E-state index is -0.366. The maximum absolute atomic E-state index is 10.9. The maximum Gasteiger partial charge on any atom is 0.282 e. The van der Waals surface area contributed by atoms with Crippen LogP contribution in [0.4, 0.5) is 5.88 Å². The fourth-order valence-corrected chi connectivity index (χ4v) is 0.984. The lowest BCUT2D eigenvalue weighted by atomic mass is 10.6. The van der Waals surface area contributed by atoms with Crippen molar-refractivity contribution >= 4 is 23.6 Å². The Hall–Kier alpha value is -1.17. The van der Waals surface area contributed by atoms with Crippen LogP contribution in [0.15, 0.2) is 15.4 Å². The number of nitrogens with one attached hydrogen (secondary N) is 2. The molecule has 1 aromatic rings. The fourth-order valence-electron chi connectivity index (χ4n) is 0.649. The van der Waals surface area contributed by atoms with Crippen LogP contribution >= 0.6 is 11.8 Å². The van der Waals surface area contributed by atoms with Gasteiger partial charge in [-0.3, -0.25) is 14.9 Å². The molecule has 0 unspecified atom stereocenters. The molecule has 1 aromatic heterocycles. The molecule has 0 atom stereocenters. The van der Waals surface area contributed by atoms with Crippen LogP contribution in [0.5, 0.6) is 0 Å². The van der Waals surface area contributed by atoms with Gasteiger partial charge in [0.1, 0.15) is 0 Å². The summed E-state index contributed by atoms with van der Waals surface area (Å²) < 4.78 is 4.60. The Labute approximate surface area is 72.5 Å². The maximum atomic E-state index is 10.9. The highest BCUT2D eigenvalue weighted by Crippen LogP contribution is 2.01. The second-order valence-electron chi connectivity index (χ2n) is 2.06. The van der Waals surface area contributed by atoms with Crippen LogP contribution in [-0.4, -0.2) is 23.1 Å². The van der Waals surface area contributed by atoms with Gasteiger partial charge >= 0.3 is 0 Å². The van der Waals surface area contributed by atoms with E-state index in [-0.39, 0.29) is 17.4 Å². The second kappa shape index (κ2) is 4.01. The molecule has 0 aliphatic carbocycles. The number of aromatic amines is 1. The molecule has 6 heteroatoms. The van der Waals surface area contributed by atoms with Gasteiger partial charge < -0.3 is 4.52 Å². The summed E-state index contributed by atoms with van der Waals surface area (Å²) >= 11 is 1.39. The zero-order valence-electron chi connectivity index (χ0n) is 6.42. The van der Waals surface area contributed by atoms with Crippen LogP contribution in [0, 0.1) is 0 Å². The fraction of sp³-hybridized carbons (Fsp3) is 0.333. The van der Waals surface area contributed by atoms with E-state index in [1.807, 2.05) is 6.26 Å². The lowest BCUT2D eigenvalue weighted by Crippen LogP contribution is -2.13. The molecule has 0 aliphatic heterocycles. The summed E-state index contributed by atoms with van der Waals surface area (Å²) in [6.07, 6.45) is 1.81. The standard InChI is InChI=1S/C6H8N2O3S/c1-12-3-5(10)7-6-2-4(9)8-11-6/h2H,3H2,1H3,(H,7,10)(H,8,9). The Bertz CT molecular complexity index is 317. The van der Waals surface area contributed by atoms with E-state index in [9.17, 15) is 9.59 Å². The first-order valence-corrected chi connectivity index (χ1v) is 4.59. The van der Waals surface area contributed by atoms with Crippen molar-refractivity contribution in [1.82, 2.24) is 5.16 Å². The number of H-pyrrole nitrogens is 1. The van der Waals surface area contributed by atoms with E-state index < -0.39 is 0 Å². The minimum absolute atomic E-state index is 0.152. The van der Waals surface area contributed by atoms with Crippen LogP contribution in [0.3, 0.4) is 0 Å². The Balaban J connectivity index is 2.52. The molecule has 0 saturated carbocycles. The Morgan fingerprint density at radius 3 is 3.08 bits per heavy atom. The molecule has 0 aromatic carbocycles. The van der Waals surface area contributed by atoms with E-state index in [0.29, 0.717) is 5.75 Å². The van der Waals surface area contributed by atoms with Crippen molar-refractivity contribution in [1.29, 1.82) is 0 Å². The normalized spacial score (nSPS) is 9.75. The monoisotopic (exact) mass is 188 g/mol. The van der Waals surface area contributed by atoms with Gasteiger partial charge in [-0.2, -0.15) is 16.9 Å². The summed E-state index contributed by atoms with van der Waals surface area (Å²) in [6, 6.07) is 1.18. The molecule has 2 N–H and O–H groups in total. The molecule has 66 valence electrons. The molecule has 5 nitrogen and oxygen atoms in total. The van der Waals surface area contributed by atoms with Gasteiger partial charge in [-0.1, -0.05) is 0 Å². The van der Waals surface area contributed by atoms with Gasteiger partial charge in [-0.05, 0) is 6.26 Å². The number of carbonyl (C=O) groups excluding carboxylic acids is 1. The topological polar surface area (TPSA) is 75.1 Å². The van der Waals surface area contributed by atoms with Crippen molar-refractivity contribution in [3.63, 3.8) is 0 Å². The van der Waals surface area contributed by atoms with Crippen LogP contribution in [-0.2, 0) is 4.79 Å². The van der Waals surface area contributed by atoms with Gasteiger partial charge in [0, 0.05) is 0 Å². The Morgan fingerprint density at radius 2 is 2.58 bits per heavy atom. The van der Waals surface area contributed by atoms with Crippen molar-refractivity contribution in [2.75, 3.05) is 17.3 Å². The predicted octanol–water partition coefficient (Wildman–Crippen LogP) is 0.269. The molecule has 0 bridgehead atoms. The third-order valence-electron chi connectivity index (χ3n) is 1.06. The molecular formula is C6H8N2O3S. The quantitative estimate of drug-likeness (QED) is 0.714. The third-order valence-corrected chi connectivity index (χ3v) is 1.61. The predicted molar refractivity (Wildman–Crippen MR) is 46.3 cm³/mol. The van der Waals surface area contributed by atoms with Crippen LogP contribution in [0.25, 0.3) is 0 Å². The summed E-state index contributed by atoms with van der Waals surface area (Å²) in [5.41, 5.74) is -0.366. The van der Waals surface area contributed by atoms with Crippen molar-refractivity contribution < 1.29 is 9.32 Å². The molecular weight excluding hydrogens is 180 g/mol. The number of anilines is 1. The Kier molecular flexibility index (Phi) is 2.98. The minimum Gasteiger partial charge on any atom is -0.361 e. The molecule has 1 amide bonds. The van der Waals surface area contributed by atoms with E-state index in [2.05, 4.69) is 15.0 Å². The van der Waals surface area contributed by atoms with E-state index in [4.69, 9.17) is 0 Å². The molecule has 0 saturated heterocycles. The van der Waals surface area contributed by atoms with Crippen LogP contribution in [0.2, 0.25) is 0 Å². The van der Waals surface area contributed by atoms with Gasteiger partial charge in [0.2, 0.25) is 11.8 Å². The lowest BCUT2D eigenvalue weighted by molar-refractivity contribution is -0.113. The number of thioether (sulfide) groups is 1. The number of aromatic nitrogens is 1. The highest BCUT2D eigenvalue weighted by atomic mass is 32.2. The zero-order valence-corrected chi connectivity index (χ0v) is 7.23. The SMILES string of the molecule is CSCC(=O)Nc1cc(=O)[nH]o1. The molecule has 0 spiro atoms. The molecule has 0 aliphatic rings. The average molecular weight is 188 g/mol. The summed E-state index contributed by atoms with van der Waals surface area (Å²) in [4.78, 5) is 21.4. The second-order valence-corrected chi connectivity index (χ2v) is 2.92. The van der Waals surface area contributed by atoms with E-state index in [1.165, 1.54) is 17.8 Å². The van der Waals surface area contributed by atoms with Crippen molar-refractivity contribution in [2.24, 2.45) is 0 Å². The first-order valence-electron chi connectivity index (χ1n) is 3.19. The number of hydrogen-bond acceptors (Lipinski definition) is 4. The number of amides is 1. The van der Waals surface area contributed by atoms with Gasteiger partial charge in [0.25, 0.3) is 5.56 Å². The molecule has 12 heavy (non-hydrogen) atoms. The largest absolute Gasteiger partial charge is 0.361 e. The first-order chi connectivity index (χ1) is 5.72. The molecule has 0 radical (unpaired) electrons. The van der Waals surface area contributed by atoms with E-state index in [1.54, 1.807) is 0 Å². The zero-order chi connectivity index (χ0) is 8.97. The van der Waals surface area contributed by atoms with Gasteiger partial charge in [-0.15, -0.1) is 0 Å². The van der Waals surface area contributed by atoms with Gasteiger partial charge in [0.15, 0.2) is 0 Å². The third kappa shape index (κ3) is 2.46. The van der Waals surface area contributed by atoms with Gasteiger partial charge in [0.05, 0.1) is 11.8 Å². The highest BCUT2D eigenvalue weighted by molar-refractivity contribution is 7.99. The van der Waals surface area contributed by atoms with Crippen LogP contribution < -0.4 is 10.9 Å². The van der Waals surface area contributed by atoms with Crippen molar-refractivity contribution in [3.8, 4) is 0 Å². The lowest BCUT2D eigenvalue weighted by Gasteiger charge is -1.96. The highest BCUT2D eigenvalue weighted by Gasteiger charge is 2.03. The molecule has 1 rings (SSSR count).